The third-order valence-corrected chi connectivity index (χ3v) is 1.75. The molecule has 0 bridgehead atoms. The zero-order chi connectivity index (χ0) is 8.43. The number of carbonyl (C=O) groups is 2. The highest BCUT2D eigenvalue weighted by Crippen LogP contribution is 2.22. The number of rotatable bonds is 1. The Morgan fingerprint density at radius 1 is 1.45 bits per heavy atom. The predicted molar refractivity (Wildman–Crippen MR) is 38.6 cm³/mol. The molecule has 0 atom stereocenters. The van der Waals surface area contributed by atoms with Crippen molar-refractivity contribution in [1.29, 1.82) is 0 Å². The molecular weight excluding hydrogens is 144 g/mol. The van der Waals surface area contributed by atoms with Crippen molar-refractivity contribution in [3.63, 3.8) is 0 Å². The van der Waals surface area contributed by atoms with Crippen LogP contribution in [0.3, 0.4) is 0 Å². The van der Waals surface area contributed by atoms with Crippen molar-refractivity contribution in [1.82, 2.24) is 0 Å². The fourth-order valence-corrected chi connectivity index (χ4v) is 1.03. The monoisotopic (exact) mass is 154 g/mol. The van der Waals surface area contributed by atoms with E-state index in [1.807, 2.05) is 6.92 Å². The Kier molecular flexibility index (Phi) is 2.08. The highest BCUT2D eigenvalue weighted by Gasteiger charge is 2.27. The summed E-state index contributed by atoms with van der Waals surface area (Å²) in [6.45, 7) is 5.50. The Labute approximate surface area is 65.0 Å². The maximum atomic E-state index is 10.7. The minimum Gasteiger partial charge on any atom is -0.393 e. The second-order valence-corrected chi connectivity index (χ2v) is 2.80. The molecule has 11 heavy (non-hydrogen) atoms. The van der Waals surface area contributed by atoms with Crippen molar-refractivity contribution in [2.45, 2.75) is 19.8 Å². The molecule has 60 valence electrons. The second-order valence-electron chi connectivity index (χ2n) is 2.80. The van der Waals surface area contributed by atoms with Gasteiger partial charge in [-0.15, -0.1) is 0 Å². The lowest BCUT2D eigenvalue weighted by Gasteiger charge is -2.19. The summed E-state index contributed by atoms with van der Waals surface area (Å²) in [6.07, 6.45) is 0.585. The molecule has 0 spiro atoms. The second kappa shape index (κ2) is 2.86. The molecule has 3 heteroatoms. The average Bonchev–Trinajstić information content (AvgIpc) is 1.85. The predicted octanol–water partition coefficient (Wildman–Crippen LogP) is 1.04. The van der Waals surface area contributed by atoms with E-state index in [1.165, 1.54) is 0 Å². The zero-order valence-electron chi connectivity index (χ0n) is 6.42. The van der Waals surface area contributed by atoms with Gasteiger partial charge in [0.25, 0.3) is 0 Å². The van der Waals surface area contributed by atoms with E-state index in [-0.39, 0.29) is 5.92 Å². The lowest BCUT2D eigenvalue weighted by molar-refractivity contribution is -0.164. The number of cyclic esters (lactones) is 2. The first-order valence-corrected chi connectivity index (χ1v) is 3.48. The fourth-order valence-electron chi connectivity index (χ4n) is 1.03. The SMILES string of the molecule is C=C(C)C1CC(=O)OC(=O)C1. The third kappa shape index (κ3) is 1.90. The van der Waals surface area contributed by atoms with Crippen molar-refractivity contribution in [2.75, 3.05) is 0 Å². The van der Waals surface area contributed by atoms with Crippen molar-refractivity contribution >= 4 is 11.9 Å². The van der Waals surface area contributed by atoms with Gasteiger partial charge in [0.15, 0.2) is 0 Å². The van der Waals surface area contributed by atoms with Gasteiger partial charge in [0.1, 0.15) is 0 Å². The highest BCUT2D eigenvalue weighted by molar-refractivity contribution is 5.88. The van der Waals surface area contributed by atoms with E-state index in [0.717, 1.165) is 5.57 Å². The van der Waals surface area contributed by atoms with Gasteiger partial charge in [-0.25, -0.2) is 0 Å². The van der Waals surface area contributed by atoms with Crippen LogP contribution < -0.4 is 0 Å². The summed E-state index contributed by atoms with van der Waals surface area (Å²) in [5.41, 5.74) is 0.870. The van der Waals surface area contributed by atoms with Crippen molar-refractivity contribution in [2.24, 2.45) is 5.92 Å². The number of ether oxygens (including phenoxy) is 1. The minimum atomic E-state index is -0.436. The van der Waals surface area contributed by atoms with Crippen molar-refractivity contribution in [3.8, 4) is 0 Å². The summed E-state index contributed by atoms with van der Waals surface area (Å²) in [6, 6.07) is 0. The third-order valence-electron chi connectivity index (χ3n) is 1.75. The molecule has 1 rings (SSSR count). The molecule has 0 amide bonds. The van der Waals surface area contributed by atoms with Crippen molar-refractivity contribution in [3.05, 3.63) is 12.2 Å². The van der Waals surface area contributed by atoms with Crippen LogP contribution >= 0.6 is 0 Å². The first kappa shape index (κ1) is 7.98. The molecule has 1 saturated heterocycles. The quantitative estimate of drug-likeness (QED) is 0.322. The number of hydrogen-bond donors (Lipinski definition) is 0. The molecule has 1 aliphatic rings. The summed E-state index contributed by atoms with van der Waals surface area (Å²) in [5.74, 6) is -0.882. The summed E-state index contributed by atoms with van der Waals surface area (Å²) in [4.78, 5) is 21.4. The van der Waals surface area contributed by atoms with Gasteiger partial charge < -0.3 is 4.74 Å². The van der Waals surface area contributed by atoms with Gasteiger partial charge in [0.2, 0.25) is 0 Å². The summed E-state index contributed by atoms with van der Waals surface area (Å²) in [7, 11) is 0. The Hall–Kier alpha value is -1.12. The maximum absolute atomic E-state index is 10.7. The molecule has 0 radical (unpaired) electrons. The highest BCUT2D eigenvalue weighted by atomic mass is 16.6. The number of carbonyl (C=O) groups excluding carboxylic acids is 2. The van der Waals surface area contributed by atoms with Crippen LogP contribution in [0.15, 0.2) is 12.2 Å². The molecule has 1 fully saturated rings. The fraction of sp³-hybridized carbons (Fsp3) is 0.500. The van der Waals surface area contributed by atoms with Crippen LogP contribution in [0.1, 0.15) is 19.8 Å². The van der Waals surface area contributed by atoms with E-state index in [1.54, 1.807) is 0 Å². The van der Waals surface area contributed by atoms with Gasteiger partial charge in [-0.2, -0.15) is 0 Å². The summed E-state index contributed by atoms with van der Waals surface area (Å²) in [5, 5.41) is 0. The van der Waals surface area contributed by atoms with Gasteiger partial charge in [0.05, 0.1) is 12.8 Å². The topological polar surface area (TPSA) is 43.4 Å². The van der Waals surface area contributed by atoms with Crippen LogP contribution in [0.25, 0.3) is 0 Å². The molecule has 0 aromatic rings. The van der Waals surface area contributed by atoms with Crippen LogP contribution in [0.2, 0.25) is 0 Å². The van der Waals surface area contributed by atoms with E-state index in [0.29, 0.717) is 12.8 Å². The first-order valence-electron chi connectivity index (χ1n) is 3.48. The standard InChI is InChI=1S/C8H10O3/c1-5(2)6-3-7(9)11-8(10)4-6/h6H,1,3-4H2,2H3. The van der Waals surface area contributed by atoms with Gasteiger partial charge in [-0.1, -0.05) is 12.2 Å². The normalized spacial score (nSPS) is 19.7. The van der Waals surface area contributed by atoms with E-state index >= 15 is 0 Å². The van der Waals surface area contributed by atoms with Gasteiger partial charge >= 0.3 is 11.9 Å². The molecule has 0 aromatic heterocycles. The van der Waals surface area contributed by atoms with E-state index in [9.17, 15) is 9.59 Å². The van der Waals surface area contributed by atoms with Crippen LogP contribution in [0.5, 0.6) is 0 Å². The zero-order valence-corrected chi connectivity index (χ0v) is 6.42. The molecule has 3 nitrogen and oxygen atoms in total. The largest absolute Gasteiger partial charge is 0.393 e. The summed E-state index contributed by atoms with van der Waals surface area (Å²) < 4.78 is 4.35. The van der Waals surface area contributed by atoms with Gasteiger partial charge in [-0.05, 0) is 6.92 Å². The lowest BCUT2D eigenvalue weighted by atomic mass is 9.93. The Morgan fingerprint density at radius 2 is 1.91 bits per heavy atom. The minimum absolute atomic E-state index is 0.0104. The molecular formula is C8H10O3. The Balaban J connectivity index is 2.63. The van der Waals surface area contributed by atoms with Gasteiger partial charge in [0, 0.05) is 5.92 Å². The molecule has 1 aliphatic heterocycles. The lowest BCUT2D eigenvalue weighted by Crippen LogP contribution is -2.25. The van der Waals surface area contributed by atoms with E-state index < -0.39 is 11.9 Å². The molecule has 0 aliphatic carbocycles. The van der Waals surface area contributed by atoms with Crippen LogP contribution in [-0.4, -0.2) is 11.9 Å². The molecule has 0 saturated carbocycles. The molecule has 1 heterocycles. The molecule has 0 aromatic carbocycles. The smallest absolute Gasteiger partial charge is 0.314 e. The Bertz CT molecular complexity index is 201. The number of hydrogen-bond acceptors (Lipinski definition) is 3. The maximum Gasteiger partial charge on any atom is 0.314 e. The van der Waals surface area contributed by atoms with Crippen LogP contribution in [-0.2, 0) is 14.3 Å². The van der Waals surface area contributed by atoms with Crippen molar-refractivity contribution < 1.29 is 14.3 Å². The average molecular weight is 154 g/mol. The van der Waals surface area contributed by atoms with Crippen LogP contribution in [0.4, 0.5) is 0 Å². The Morgan fingerprint density at radius 3 is 2.27 bits per heavy atom. The molecule has 0 unspecified atom stereocenters. The number of allylic oxidation sites excluding steroid dienone is 1. The molecule has 0 N–H and O–H groups in total. The van der Waals surface area contributed by atoms with E-state index in [4.69, 9.17) is 0 Å². The summed E-state index contributed by atoms with van der Waals surface area (Å²) >= 11 is 0. The first-order chi connectivity index (χ1) is 5.09. The van der Waals surface area contributed by atoms with E-state index in [2.05, 4.69) is 11.3 Å². The van der Waals surface area contributed by atoms with Crippen LogP contribution in [0, 0.1) is 5.92 Å². The van der Waals surface area contributed by atoms with Gasteiger partial charge in [-0.3, -0.25) is 9.59 Å². The number of esters is 2.